The van der Waals surface area contributed by atoms with Crippen LogP contribution >= 0.6 is 0 Å². The predicted molar refractivity (Wildman–Crippen MR) is 73.5 cm³/mol. The molecule has 0 aliphatic heterocycles. The molecule has 0 heterocycles. The van der Waals surface area contributed by atoms with E-state index in [4.69, 9.17) is 9.29 Å². The molecule has 4 bridgehead atoms. The molecule has 4 fully saturated rings. The fourth-order valence-electron chi connectivity index (χ4n) is 5.08. The van der Waals surface area contributed by atoms with Gasteiger partial charge in [-0.1, -0.05) is 0 Å². The van der Waals surface area contributed by atoms with Crippen molar-refractivity contribution in [1.29, 1.82) is 0 Å². The van der Waals surface area contributed by atoms with Crippen LogP contribution in [0.5, 0.6) is 0 Å². The van der Waals surface area contributed by atoms with Gasteiger partial charge in [0.1, 0.15) is 0 Å². The Bertz CT molecular complexity index is 409. The van der Waals surface area contributed by atoms with Crippen molar-refractivity contribution in [3.8, 4) is 0 Å². The van der Waals surface area contributed by atoms with Crippen molar-refractivity contribution in [3.63, 3.8) is 0 Å². The molecule has 1 N–H and O–H groups in total. The summed E-state index contributed by atoms with van der Waals surface area (Å²) in [6, 6.07) is 0. The fourth-order valence-corrected chi connectivity index (χ4v) is 5.41. The van der Waals surface area contributed by atoms with E-state index < -0.39 is 10.4 Å². The van der Waals surface area contributed by atoms with Crippen molar-refractivity contribution in [1.82, 2.24) is 0 Å². The second kappa shape index (κ2) is 5.55. The van der Waals surface area contributed by atoms with Crippen LogP contribution in [0.1, 0.15) is 44.9 Å². The lowest BCUT2D eigenvalue weighted by atomic mass is 9.50. The summed E-state index contributed by atoms with van der Waals surface area (Å²) >= 11 is 0. The van der Waals surface area contributed by atoms with E-state index in [1.807, 2.05) is 0 Å². The molecule has 6 heteroatoms. The monoisotopic (exact) mass is 304 g/mol. The molecule has 0 unspecified atom stereocenters. The summed E-state index contributed by atoms with van der Waals surface area (Å²) in [5.74, 6) is 2.77. The lowest BCUT2D eigenvalue weighted by molar-refractivity contribution is -0.0970. The zero-order chi connectivity index (χ0) is 14.2. The quantitative estimate of drug-likeness (QED) is 0.577. The van der Waals surface area contributed by atoms with Crippen LogP contribution < -0.4 is 0 Å². The van der Waals surface area contributed by atoms with Gasteiger partial charge in [-0.15, -0.1) is 0 Å². The molecule has 116 valence electrons. The summed E-state index contributed by atoms with van der Waals surface area (Å²) in [4.78, 5) is 0. The molecule has 0 spiro atoms. The number of ether oxygens (including phenoxy) is 1. The van der Waals surface area contributed by atoms with Gasteiger partial charge in [-0.2, -0.15) is 8.42 Å². The molecule has 0 radical (unpaired) electrons. The van der Waals surface area contributed by atoms with Gasteiger partial charge in [0, 0.05) is 6.61 Å². The van der Waals surface area contributed by atoms with Crippen molar-refractivity contribution >= 4 is 10.4 Å². The van der Waals surface area contributed by atoms with Crippen LogP contribution in [0.4, 0.5) is 0 Å². The number of hydrogen-bond acceptors (Lipinski definition) is 4. The average Bonchev–Trinajstić information content (AvgIpc) is 2.30. The third kappa shape index (κ3) is 3.53. The molecule has 4 aliphatic rings. The van der Waals surface area contributed by atoms with E-state index in [0.717, 1.165) is 24.4 Å². The second-order valence-corrected chi connectivity index (χ2v) is 8.16. The molecule has 20 heavy (non-hydrogen) atoms. The summed E-state index contributed by atoms with van der Waals surface area (Å²) in [6.07, 6.45) is 8.75. The van der Waals surface area contributed by atoms with E-state index in [-0.39, 0.29) is 6.61 Å². The SMILES string of the molecule is O=S(=O)(O)OCCCOCC12CC3CC(CC(C3)C1)C2. The molecule has 5 nitrogen and oxygen atoms in total. The van der Waals surface area contributed by atoms with Gasteiger partial charge in [0.2, 0.25) is 0 Å². The van der Waals surface area contributed by atoms with Crippen molar-refractivity contribution in [2.24, 2.45) is 23.2 Å². The summed E-state index contributed by atoms with van der Waals surface area (Å²) < 4.78 is 39.3. The summed E-state index contributed by atoms with van der Waals surface area (Å²) in [6.45, 7) is 1.29. The molecule has 4 rings (SSSR count). The van der Waals surface area contributed by atoms with E-state index in [1.54, 1.807) is 0 Å². The van der Waals surface area contributed by atoms with Crippen LogP contribution in [0.15, 0.2) is 0 Å². The zero-order valence-electron chi connectivity index (χ0n) is 11.8. The van der Waals surface area contributed by atoms with Crippen molar-refractivity contribution in [3.05, 3.63) is 0 Å². The Morgan fingerprint density at radius 1 is 1.00 bits per heavy atom. The topological polar surface area (TPSA) is 72.8 Å². The maximum Gasteiger partial charge on any atom is 0.397 e. The minimum Gasteiger partial charge on any atom is -0.381 e. The van der Waals surface area contributed by atoms with Gasteiger partial charge in [-0.05, 0) is 68.1 Å². The maximum absolute atomic E-state index is 10.4. The zero-order valence-corrected chi connectivity index (χ0v) is 12.6. The molecule has 0 aromatic heterocycles. The molecule has 4 saturated carbocycles. The Kier molecular flexibility index (Phi) is 4.10. The fraction of sp³-hybridized carbons (Fsp3) is 1.00. The minimum atomic E-state index is -4.30. The van der Waals surface area contributed by atoms with Gasteiger partial charge >= 0.3 is 10.4 Å². The largest absolute Gasteiger partial charge is 0.397 e. The Labute approximate surface area is 121 Å². The van der Waals surface area contributed by atoms with Gasteiger partial charge in [0.05, 0.1) is 13.2 Å². The Morgan fingerprint density at radius 3 is 2.05 bits per heavy atom. The highest BCUT2D eigenvalue weighted by Gasteiger charge is 2.50. The normalized spacial score (nSPS) is 39.4. The first-order valence-corrected chi connectivity index (χ1v) is 9.00. The van der Waals surface area contributed by atoms with Crippen molar-refractivity contribution in [2.45, 2.75) is 44.9 Å². The van der Waals surface area contributed by atoms with Gasteiger partial charge in [-0.25, -0.2) is 4.18 Å². The Balaban J connectivity index is 1.38. The van der Waals surface area contributed by atoms with Crippen LogP contribution in [0, 0.1) is 23.2 Å². The first-order valence-electron chi connectivity index (χ1n) is 7.64. The van der Waals surface area contributed by atoms with Crippen molar-refractivity contribution in [2.75, 3.05) is 19.8 Å². The smallest absolute Gasteiger partial charge is 0.381 e. The lowest BCUT2D eigenvalue weighted by Crippen LogP contribution is -2.48. The number of hydrogen-bond donors (Lipinski definition) is 1. The molecule has 0 amide bonds. The number of rotatable bonds is 7. The average molecular weight is 304 g/mol. The summed E-state index contributed by atoms with van der Waals surface area (Å²) in [7, 11) is -4.30. The van der Waals surface area contributed by atoms with Gasteiger partial charge in [0.15, 0.2) is 0 Å². The standard InChI is InChI=1S/C14H24O5S/c15-20(16,17)19-3-1-2-18-10-14-7-11-4-12(8-14)6-13(5-11)9-14/h11-13H,1-10H2,(H,15,16,17). The van der Waals surface area contributed by atoms with Gasteiger partial charge in [-0.3, -0.25) is 4.55 Å². The first-order chi connectivity index (χ1) is 9.44. The van der Waals surface area contributed by atoms with E-state index in [9.17, 15) is 8.42 Å². The molecule has 0 aromatic carbocycles. The van der Waals surface area contributed by atoms with Gasteiger partial charge in [0.25, 0.3) is 0 Å². The first kappa shape index (κ1) is 14.8. The highest BCUT2D eigenvalue weighted by atomic mass is 32.3. The van der Waals surface area contributed by atoms with E-state index in [1.165, 1.54) is 38.5 Å². The molecular formula is C14H24O5S. The maximum atomic E-state index is 10.4. The Morgan fingerprint density at radius 2 is 1.55 bits per heavy atom. The van der Waals surface area contributed by atoms with E-state index in [2.05, 4.69) is 4.18 Å². The second-order valence-electron chi connectivity index (χ2n) is 7.07. The lowest BCUT2D eigenvalue weighted by Gasteiger charge is -2.56. The molecule has 0 atom stereocenters. The molecular weight excluding hydrogens is 280 g/mol. The highest BCUT2D eigenvalue weighted by molar-refractivity contribution is 7.80. The predicted octanol–water partition coefficient (Wildman–Crippen LogP) is 2.43. The third-order valence-corrected chi connectivity index (χ3v) is 5.70. The van der Waals surface area contributed by atoms with Crippen LogP contribution in [0.25, 0.3) is 0 Å². The van der Waals surface area contributed by atoms with Crippen LogP contribution in [-0.2, 0) is 19.3 Å². The molecule has 4 aliphatic carbocycles. The third-order valence-electron chi connectivity index (χ3n) is 5.24. The Hall–Kier alpha value is -0.170. The van der Waals surface area contributed by atoms with E-state index in [0.29, 0.717) is 18.4 Å². The van der Waals surface area contributed by atoms with Gasteiger partial charge < -0.3 is 4.74 Å². The van der Waals surface area contributed by atoms with Crippen molar-refractivity contribution < 1.29 is 21.9 Å². The summed E-state index contributed by atoms with van der Waals surface area (Å²) in [5.41, 5.74) is 0.401. The van der Waals surface area contributed by atoms with E-state index >= 15 is 0 Å². The summed E-state index contributed by atoms with van der Waals surface area (Å²) in [5, 5.41) is 0. The highest BCUT2D eigenvalue weighted by Crippen LogP contribution is 2.59. The van der Waals surface area contributed by atoms with Crippen LogP contribution in [-0.4, -0.2) is 32.8 Å². The minimum absolute atomic E-state index is 0.0142. The van der Waals surface area contributed by atoms with Crippen LogP contribution in [0.3, 0.4) is 0 Å². The van der Waals surface area contributed by atoms with Crippen LogP contribution in [0.2, 0.25) is 0 Å². The molecule has 0 saturated heterocycles. The molecule has 0 aromatic rings.